The van der Waals surface area contributed by atoms with Gasteiger partial charge in [0.05, 0.1) is 12.7 Å². The molecule has 1 aromatic heterocycles. The third-order valence-electron chi connectivity index (χ3n) is 4.25. The number of aliphatic hydroxyl groups excluding tert-OH is 2. The molecule has 3 rings (SSSR count). The van der Waals surface area contributed by atoms with Crippen LogP contribution in [0.1, 0.15) is 24.6 Å². The molecule has 2 heterocycles. The average molecular weight is 268 g/mol. The van der Waals surface area contributed by atoms with E-state index in [1.165, 1.54) is 10.8 Å². The lowest BCUT2D eigenvalue weighted by molar-refractivity contribution is -0.140. The topological polar surface area (TPSA) is 105 Å². The Morgan fingerprint density at radius 3 is 2.95 bits per heavy atom. The van der Waals surface area contributed by atoms with E-state index in [0.717, 1.165) is 0 Å². The van der Waals surface area contributed by atoms with Crippen molar-refractivity contribution in [1.29, 1.82) is 0 Å². The Morgan fingerprint density at radius 2 is 2.32 bits per heavy atom. The first-order chi connectivity index (χ1) is 8.98. The fraction of sp³-hybridized carbons (Fsp3) is 0.667. The predicted molar refractivity (Wildman–Crippen MR) is 64.7 cm³/mol. The van der Waals surface area contributed by atoms with Crippen LogP contribution in [0.3, 0.4) is 0 Å². The largest absolute Gasteiger partial charge is 0.393 e. The fourth-order valence-electron chi connectivity index (χ4n) is 3.11. The lowest BCUT2D eigenvalue weighted by Crippen LogP contribution is -2.41. The van der Waals surface area contributed by atoms with Crippen molar-refractivity contribution < 1.29 is 14.9 Å². The minimum absolute atomic E-state index is 0.241. The number of hydrogen-bond donors (Lipinski definition) is 3. The second-order valence-electron chi connectivity index (χ2n) is 5.36. The van der Waals surface area contributed by atoms with Crippen molar-refractivity contribution in [1.82, 2.24) is 9.55 Å². The number of rotatable bonds is 2. The summed E-state index contributed by atoms with van der Waals surface area (Å²) in [4.78, 5) is 25.4. The standard InChI is InChI=1S/C12H16N2O5/c1-6-4-14(11(18)13-9(6)17)10-7-2-3-12(5-15,19-10)8(7)16/h4,7-8,10,15-16H,2-3,5H2,1H3,(H,13,17,18)/t7?,8-,10-,12+/m1/s1. The van der Waals surface area contributed by atoms with E-state index in [0.29, 0.717) is 18.4 Å². The van der Waals surface area contributed by atoms with Crippen molar-refractivity contribution in [2.24, 2.45) is 5.92 Å². The second-order valence-corrected chi connectivity index (χ2v) is 5.36. The number of aliphatic hydroxyl groups is 2. The van der Waals surface area contributed by atoms with E-state index in [4.69, 9.17) is 4.74 Å². The van der Waals surface area contributed by atoms with Crippen LogP contribution in [0, 0.1) is 12.8 Å². The second kappa shape index (κ2) is 4.03. The van der Waals surface area contributed by atoms with Crippen molar-refractivity contribution >= 4 is 0 Å². The van der Waals surface area contributed by atoms with Crippen LogP contribution in [0.15, 0.2) is 15.8 Å². The van der Waals surface area contributed by atoms with Crippen LogP contribution in [0.5, 0.6) is 0 Å². The normalized spacial score (nSPS) is 36.9. The van der Waals surface area contributed by atoms with Gasteiger partial charge in [0.15, 0.2) is 0 Å². The molecule has 0 spiro atoms. The molecule has 4 atom stereocenters. The molecule has 0 amide bonds. The molecule has 104 valence electrons. The average Bonchev–Trinajstić information content (AvgIpc) is 2.85. The molecule has 2 fully saturated rings. The van der Waals surface area contributed by atoms with Crippen LogP contribution >= 0.6 is 0 Å². The molecule has 7 heteroatoms. The predicted octanol–water partition coefficient (Wildman–Crippen LogP) is -1.12. The quantitative estimate of drug-likeness (QED) is 0.630. The summed E-state index contributed by atoms with van der Waals surface area (Å²) < 4.78 is 7.00. The Balaban J connectivity index is 2.04. The van der Waals surface area contributed by atoms with Gasteiger partial charge in [-0.15, -0.1) is 0 Å². The molecule has 1 aliphatic carbocycles. The molecule has 7 nitrogen and oxygen atoms in total. The zero-order valence-corrected chi connectivity index (χ0v) is 10.5. The van der Waals surface area contributed by atoms with Crippen LogP contribution in [-0.2, 0) is 4.74 Å². The van der Waals surface area contributed by atoms with Crippen LogP contribution in [0.2, 0.25) is 0 Å². The van der Waals surface area contributed by atoms with Gasteiger partial charge in [-0.25, -0.2) is 4.79 Å². The highest BCUT2D eigenvalue weighted by atomic mass is 16.6. The molecular formula is C12H16N2O5. The van der Waals surface area contributed by atoms with Crippen molar-refractivity contribution in [2.45, 2.75) is 37.7 Å². The zero-order chi connectivity index (χ0) is 13.8. The third-order valence-corrected chi connectivity index (χ3v) is 4.25. The first kappa shape index (κ1) is 12.6. The Morgan fingerprint density at radius 1 is 1.58 bits per heavy atom. The van der Waals surface area contributed by atoms with Gasteiger partial charge in [-0.1, -0.05) is 0 Å². The summed E-state index contributed by atoms with van der Waals surface area (Å²) in [5.74, 6) is -0.241. The summed E-state index contributed by atoms with van der Waals surface area (Å²) in [6, 6.07) is 0. The first-order valence-electron chi connectivity index (χ1n) is 6.27. The summed E-state index contributed by atoms with van der Waals surface area (Å²) in [5, 5.41) is 19.6. The molecule has 19 heavy (non-hydrogen) atoms. The Labute approximate surface area is 108 Å². The smallest absolute Gasteiger partial charge is 0.330 e. The van der Waals surface area contributed by atoms with Gasteiger partial charge in [0, 0.05) is 17.7 Å². The van der Waals surface area contributed by atoms with Crippen molar-refractivity contribution in [3.63, 3.8) is 0 Å². The molecule has 0 aromatic carbocycles. The molecule has 1 unspecified atom stereocenters. The van der Waals surface area contributed by atoms with Crippen molar-refractivity contribution in [3.05, 3.63) is 32.6 Å². The number of fused-ring (bicyclic) bond motifs is 2. The fourth-order valence-corrected chi connectivity index (χ4v) is 3.11. The number of ether oxygens (including phenoxy) is 1. The number of hydrogen-bond acceptors (Lipinski definition) is 5. The molecule has 2 aliphatic rings. The van der Waals surface area contributed by atoms with Gasteiger partial charge in [0.1, 0.15) is 11.8 Å². The number of H-pyrrole nitrogens is 1. The van der Waals surface area contributed by atoms with E-state index in [9.17, 15) is 19.8 Å². The molecule has 1 aliphatic heterocycles. The van der Waals surface area contributed by atoms with E-state index in [2.05, 4.69) is 4.98 Å². The summed E-state index contributed by atoms with van der Waals surface area (Å²) in [6.07, 6.45) is 1.25. The minimum atomic E-state index is -0.973. The van der Waals surface area contributed by atoms with E-state index in [-0.39, 0.29) is 12.5 Å². The molecule has 1 saturated carbocycles. The monoisotopic (exact) mass is 268 g/mol. The van der Waals surface area contributed by atoms with Gasteiger partial charge in [-0.2, -0.15) is 0 Å². The summed E-state index contributed by atoms with van der Waals surface area (Å²) in [6.45, 7) is 1.32. The zero-order valence-electron chi connectivity index (χ0n) is 10.5. The Bertz CT molecular complexity index is 621. The molecule has 0 radical (unpaired) electrons. The summed E-state index contributed by atoms with van der Waals surface area (Å²) in [5.41, 5.74) is -1.56. The lowest BCUT2D eigenvalue weighted by atomic mass is 10.0. The molecule has 3 N–H and O–H groups in total. The maximum absolute atomic E-state index is 11.8. The van der Waals surface area contributed by atoms with Gasteiger partial charge < -0.3 is 14.9 Å². The number of aromatic nitrogens is 2. The minimum Gasteiger partial charge on any atom is -0.393 e. The third kappa shape index (κ3) is 1.62. The van der Waals surface area contributed by atoms with Crippen LogP contribution in [0.4, 0.5) is 0 Å². The van der Waals surface area contributed by atoms with E-state index >= 15 is 0 Å². The van der Waals surface area contributed by atoms with Gasteiger partial charge in [-0.05, 0) is 19.8 Å². The Kier molecular flexibility index (Phi) is 2.67. The number of nitrogens with one attached hydrogen (secondary N) is 1. The van der Waals surface area contributed by atoms with Crippen LogP contribution in [-0.4, -0.2) is 38.1 Å². The lowest BCUT2D eigenvalue weighted by Gasteiger charge is -2.30. The SMILES string of the molecule is Cc1cn([C@@H]2O[C@]3(CO)CCC2[C@H]3O)c(=O)[nH]c1=O. The number of aromatic amines is 1. The molecular weight excluding hydrogens is 252 g/mol. The van der Waals surface area contributed by atoms with Crippen molar-refractivity contribution in [2.75, 3.05) is 6.61 Å². The van der Waals surface area contributed by atoms with Gasteiger partial charge in [-0.3, -0.25) is 14.3 Å². The molecule has 1 saturated heterocycles. The summed E-state index contributed by atoms with van der Waals surface area (Å²) in [7, 11) is 0. The highest BCUT2D eigenvalue weighted by Crippen LogP contribution is 2.51. The van der Waals surface area contributed by atoms with E-state index in [1.54, 1.807) is 6.92 Å². The van der Waals surface area contributed by atoms with Gasteiger partial charge in [0.25, 0.3) is 5.56 Å². The first-order valence-corrected chi connectivity index (χ1v) is 6.27. The van der Waals surface area contributed by atoms with Crippen LogP contribution in [0.25, 0.3) is 0 Å². The highest BCUT2D eigenvalue weighted by molar-refractivity contribution is 5.09. The molecule has 1 aromatic rings. The summed E-state index contributed by atoms with van der Waals surface area (Å²) >= 11 is 0. The van der Waals surface area contributed by atoms with E-state index < -0.39 is 29.2 Å². The highest BCUT2D eigenvalue weighted by Gasteiger charge is 2.59. The molecule has 2 bridgehead atoms. The number of aryl methyl sites for hydroxylation is 1. The maximum Gasteiger partial charge on any atom is 0.330 e. The van der Waals surface area contributed by atoms with Crippen LogP contribution < -0.4 is 11.2 Å². The van der Waals surface area contributed by atoms with Gasteiger partial charge >= 0.3 is 5.69 Å². The van der Waals surface area contributed by atoms with Gasteiger partial charge in [0.2, 0.25) is 0 Å². The maximum atomic E-state index is 11.8. The van der Waals surface area contributed by atoms with E-state index in [1.807, 2.05) is 0 Å². The Hall–Kier alpha value is -1.44. The van der Waals surface area contributed by atoms with Crippen molar-refractivity contribution in [3.8, 4) is 0 Å². The number of nitrogens with zero attached hydrogens (tertiary/aromatic N) is 1.